The van der Waals surface area contributed by atoms with Crippen LogP contribution in [0.5, 0.6) is 0 Å². The summed E-state index contributed by atoms with van der Waals surface area (Å²) in [5, 5.41) is 10.7. The van der Waals surface area contributed by atoms with Gasteiger partial charge in [-0.1, -0.05) is 6.92 Å². The van der Waals surface area contributed by atoms with E-state index < -0.39 is 5.60 Å². The monoisotopic (exact) mass is 251 g/mol. The van der Waals surface area contributed by atoms with E-state index in [2.05, 4.69) is 16.8 Å². The minimum Gasteiger partial charge on any atom is -0.390 e. The Bertz CT molecular complexity index is 377. The highest BCUT2D eigenvalue weighted by Gasteiger charge is 2.29. The summed E-state index contributed by atoms with van der Waals surface area (Å²) in [7, 11) is 2.01. The molecule has 0 spiro atoms. The Labute approximate surface area is 110 Å². The molecule has 1 aliphatic heterocycles. The molecule has 1 aliphatic rings. The fourth-order valence-electron chi connectivity index (χ4n) is 2.78. The van der Waals surface area contributed by atoms with E-state index in [1.807, 2.05) is 24.0 Å². The Morgan fingerprint density at radius 3 is 2.89 bits per heavy atom. The van der Waals surface area contributed by atoms with Gasteiger partial charge in [-0.25, -0.2) is 4.98 Å². The minimum atomic E-state index is -0.490. The smallest absolute Gasteiger partial charge is 0.108 e. The van der Waals surface area contributed by atoms with Gasteiger partial charge in [-0.3, -0.25) is 0 Å². The fourth-order valence-corrected chi connectivity index (χ4v) is 2.78. The lowest BCUT2D eigenvalue weighted by atomic mass is 9.89. The first-order valence-electron chi connectivity index (χ1n) is 7.04. The number of aromatic nitrogens is 2. The third-order valence-electron chi connectivity index (χ3n) is 4.19. The molecular weight excluding hydrogens is 226 g/mol. The molecule has 0 bridgehead atoms. The van der Waals surface area contributed by atoms with Crippen molar-refractivity contribution in [2.75, 3.05) is 19.6 Å². The summed E-state index contributed by atoms with van der Waals surface area (Å²) in [6.45, 7) is 5.43. The van der Waals surface area contributed by atoms with Crippen molar-refractivity contribution in [1.29, 1.82) is 0 Å². The number of aliphatic hydroxyl groups is 1. The van der Waals surface area contributed by atoms with Crippen LogP contribution >= 0.6 is 0 Å². The lowest BCUT2D eigenvalue weighted by molar-refractivity contribution is 0.0168. The summed E-state index contributed by atoms with van der Waals surface area (Å²) < 4.78 is 2.04. The number of nitrogens with zero attached hydrogens (tertiary/aromatic N) is 3. The molecule has 0 radical (unpaired) electrons. The van der Waals surface area contributed by atoms with Crippen LogP contribution in [0, 0.1) is 0 Å². The van der Waals surface area contributed by atoms with Gasteiger partial charge in [0.1, 0.15) is 5.82 Å². The first-order valence-corrected chi connectivity index (χ1v) is 7.04. The van der Waals surface area contributed by atoms with E-state index in [1.54, 1.807) is 0 Å². The molecule has 0 aromatic carbocycles. The van der Waals surface area contributed by atoms with Gasteiger partial charge >= 0.3 is 0 Å². The van der Waals surface area contributed by atoms with Crippen molar-refractivity contribution in [2.45, 2.75) is 44.6 Å². The van der Waals surface area contributed by atoms with Gasteiger partial charge in [-0.15, -0.1) is 0 Å². The number of aryl methyl sites for hydroxylation is 2. The zero-order chi connectivity index (χ0) is 13.0. The number of imidazole rings is 1. The van der Waals surface area contributed by atoms with Crippen molar-refractivity contribution in [3.8, 4) is 0 Å². The van der Waals surface area contributed by atoms with Crippen LogP contribution in [0.1, 0.15) is 38.4 Å². The van der Waals surface area contributed by atoms with E-state index >= 15 is 0 Å². The van der Waals surface area contributed by atoms with Crippen LogP contribution in [0.3, 0.4) is 0 Å². The van der Waals surface area contributed by atoms with E-state index in [-0.39, 0.29) is 0 Å². The summed E-state index contributed by atoms with van der Waals surface area (Å²) in [6.07, 6.45) is 8.40. The molecule has 0 saturated carbocycles. The molecular formula is C14H25N3O. The molecule has 1 aromatic rings. The summed E-state index contributed by atoms with van der Waals surface area (Å²) in [5.41, 5.74) is -0.490. The number of likely N-dealkylation sites (tertiary alicyclic amines) is 1. The molecule has 2 rings (SSSR count). The van der Waals surface area contributed by atoms with Crippen molar-refractivity contribution in [2.24, 2.45) is 7.05 Å². The largest absolute Gasteiger partial charge is 0.390 e. The van der Waals surface area contributed by atoms with E-state index in [4.69, 9.17) is 0 Å². The summed E-state index contributed by atoms with van der Waals surface area (Å²) in [4.78, 5) is 6.76. The number of hydrogen-bond acceptors (Lipinski definition) is 3. The molecule has 4 heteroatoms. The maximum atomic E-state index is 10.7. The zero-order valence-corrected chi connectivity index (χ0v) is 11.6. The molecule has 1 unspecified atom stereocenters. The lowest BCUT2D eigenvalue weighted by Crippen LogP contribution is -2.32. The van der Waals surface area contributed by atoms with Gasteiger partial charge in [0, 0.05) is 32.4 Å². The third kappa shape index (κ3) is 3.33. The number of rotatable bonds is 4. The zero-order valence-electron chi connectivity index (χ0n) is 11.6. The predicted octanol–water partition coefficient (Wildman–Crippen LogP) is 1.59. The number of hydrogen-bond donors (Lipinski definition) is 1. The molecule has 1 aromatic heterocycles. The van der Waals surface area contributed by atoms with Crippen LogP contribution in [0.15, 0.2) is 12.4 Å². The second kappa shape index (κ2) is 5.85. The van der Waals surface area contributed by atoms with E-state index in [0.29, 0.717) is 0 Å². The van der Waals surface area contributed by atoms with Crippen LogP contribution < -0.4 is 0 Å². The van der Waals surface area contributed by atoms with Crippen LogP contribution in [0.4, 0.5) is 0 Å². The van der Waals surface area contributed by atoms with Gasteiger partial charge in [-0.2, -0.15) is 0 Å². The molecule has 1 saturated heterocycles. The Morgan fingerprint density at radius 2 is 2.22 bits per heavy atom. The molecule has 4 nitrogen and oxygen atoms in total. The highest BCUT2D eigenvalue weighted by Crippen LogP contribution is 2.26. The quantitative estimate of drug-likeness (QED) is 0.883. The average Bonchev–Trinajstić information content (AvgIpc) is 2.66. The molecule has 18 heavy (non-hydrogen) atoms. The van der Waals surface area contributed by atoms with Gasteiger partial charge in [0.2, 0.25) is 0 Å². The van der Waals surface area contributed by atoms with E-state index in [1.165, 1.54) is 0 Å². The molecule has 1 fully saturated rings. The topological polar surface area (TPSA) is 41.3 Å². The van der Waals surface area contributed by atoms with Crippen LogP contribution in [0.2, 0.25) is 0 Å². The normalized spacial score (nSPS) is 26.2. The Hall–Kier alpha value is -0.870. The van der Waals surface area contributed by atoms with Crippen molar-refractivity contribution in [1.82, 2.24) is 14.5 Å². The highest BCUT2D eigenvalue weighted by atomic mass is 16.3. The lowest BCUT2D eigenvalue weighted by Gasteiger charge is -2.26. The maximum absolute atomic E-state index is 10.7. The minimum absolute atomic E-state index is 0.490. The summed E-state index contributed by atoms with van der Waals surface area (Å²) >= 11 is 0. The predicted molar refractivity (Wildman–Crippen MR) is 72.4 cm³/mol. The highest BCUT2D eigenvalue weighted by molar-refractivity contribution is 4.94. The van der Waals surface area contributed by atoms with Crippen molar-refractivity contribution >= 4 is 0 Å². The molecule has 102 valence electrons. The fraction of sp³-hybridized carbons (Fsp3) is 0.786. The van der Waals surface area contributed by atoms with E-state index in [0.717, 1.165) is 57.6 Å². The molecule has 1 atom stereocenters. The molecule has 0 aliphatic carbocycles. The average molecular weight is 251 g/mol. The van der Waals surface area contributed by atoms with E-state index in [9.17, 15) is 5.11 Å². The van der Waals surface area contributed by atoms with Gasteiger partial charge in [0.15, 0.2) is 0 Å². The van der Waals surface area contributed by atoms with Crippen LogP contribution in [-0.4, -0.2) is 44.8 Å². The summed E-state index contributed by atoms with van der Waals surface area (Å²) in [5.74, 6) is 1.07. The van der Waals surface area contributed by atoms with Crippen LogP contribution in [0.25, 0.3) is 0 Å². The SMILES string of the molecule is CCN1CCCC(O)(CCc2nccn2C)CC1. The van der Waals surface area contributed by atoms with Gasteiger partial charge in [0.05, 0.1) is 5.60 Å². The van der Waals surface area contributed by atoms with Crippen molar-refractivity contribution in [3.63, 3.8) is 0 Å². The molecule has 1 N–H and O–H groups in total. The Morgan fingerprint density at radius 1 is 1.39 bits per heavy atom. The Balaban J connectivity index is 1.89. The first kappa shape index (κ1) is 13.6. The molecule has 2 heterocycles. The molecule has 0 amide bonds. The standard InChI is InChI=1S/C14H25N3O/c1-3-17-10-4-6-14(18,8-11-17)7-5-13-15-9-12-16(13)2/h9,12,18H,3-8,10-11H2,1-2H3. The Kier molecular flexibility index (Phi) is 4.40. The van der Waals surface area contributed by atoms with Gasteiger partial charge in [-0.05, 0) is 38.8 Å². The second-order valence-electron chi connectivity index (χ2n) is 5.47. The first-order chi connectivity index (χ1) is 8.63. The van der Waals surface area contributed by atoms with Gasteiger partial charge < -0.3 is 14.6 Å². The van der Waals surface area contributed by atoms with Crippen molar-refractivity contribution in [3.05, 3.63) is 18.2 Å². The second-order valence-corrected chi connectivity index (χ2v) is 5.47. The third-order valence-corrected chi connectivity index (χ3v) is 4.19. The maximum Gasteiger partial charge on any atom is 0.108 e. The van der Waals surface area contributed by atoms with Crippen LogP contribution in [-0.2, 0) is 13.5 Å². The summed E-state index contributed by atoms with van der Waals surface area (Å²) in [6, 6.07) is 0. The van der Waals surface area contributed by atoms with Gasteiger partial charge in [0.25, 0.3) is 0 Å². The van der Waals surface area contributed by atoms with Crippen molar-refractivity contribution < 1.29 is 5.11 Å².